The molecule has 2 saturated carbocycles. The summed E-state index contributed by atoms with van der Waals surface area (Å²) >= 11 is 0. The number of aliphatic hydroxyl groups is 2. The lowest BCUT2D eigenvalue weighted by molar-refractivity contribution is -0.142. The molecule has 2 aromatic rings. The number of fused-ring (bicyclic) bond motifs is 8. The number of carbonyl (C=O) groups is 4. The van der Waals surface area contributed by atoms with Crippen molar-refractivity contribution in [2.75, 3.05) is 39.4 Å². The first-order chi connectivity index (χ1) is 30.1. The van der Waals surface area contributed by atoms with Gasteiger partial charge < -0.3 is 38.9 Å². The minimum Gasteiger partial charge on any atom is -0.396 e. The molecule has 0 radical (unpaired) electrons. The minimum atomic E-state index is -0.503. The fourth-order valence-corrected chi connectivity index (χ4v) is 11.8. The van der Waals surface area contributed by atoms with Gasteiger partial charge in [-0.3, -0.25) is 28.8 Å². The molecule has 0 aromatic carbocycles. The van der Waals surface area contributed by atoms with E-state index >= 15 is 0 Å². The molecule has 14 nitrogen and oxygen atoms in total. The molecule has 6 aliphatic heterocycles. The molecular formula is C48H62N6O8. The van der Waals surface area contributed by atoms with Crippen LogP contribution in [0.4, 0.5) is 0 Å². The van der Waals surface area contributed by atoms with Crippen molar-refractivity contribution in [3.8, 4) is 0 Å². The summed E-state index contributed by atoms with van der Waals surface area (Å²) in [7, 11) is 0. The van der Waals surface area contributed by atoms with Gasteiger partial charge in [-0.25, -0.2) is 0 Å². The third-order valence-electron chi connectivity index (χ3n) is 15.1. The van der Waals surface area contributed by atoms with Crippen LogP contribution in [0.15, 0.2) is 46.0 Å². The van der Waals surface area contributed by atoms with Crippen LogP contribution in [0.3, 0.4) is 0 Å². The normalized spacial score (nSPS) is 30.0. The second-order valence-electron chi connectivity index (χ2n) is 18.8. The highest BCUT2D eigenvalue weighted by molar-refractivity contribution is 5.87. The highest BCUT2D eigenvalue weighted by Crippen LogP contribution is 2.53. The van der Waals surface area contributed by atoms with Crippen molar-refractivity contribution in [2.45, 2.75) is 115 Å². The van der Waals surface area contributed by atoms with Crippen LogP contribution in [0.1, 0.15) is 113 Å². The van der Waals surface area contributed by atoms with Crippen LogP contribution >= 0.6 is 0 Å². The van der Waals surface area contributed by atoms with E-state index in [1.54, 1.807) is 33.4 Å². The van der Waals surface area contributed by atoms with Crippen molar-refractivity contribution < 1.29 is 29.4 Å². The smallest absolute Gasteiger partial charge is 0.258 e. The first-order valence-corrected chi connectivity index (χ1v) is 23.3. The van der Waals surface area contributed by atoms with Crippen molar-refractivity contribution in [1.82, 2.24) is 28.7 Å². The third kappa shape index (κ3) is 7.28. The van der Waals surface area contributed by atoms with Gasteiger partial charge in [0.25, 0.3) is 11.1 Å². The van der Waals surface area contributed by atoms with Gasteiger partial charge in [-0.15, -0.1) is 0 Å². The first-order valence-electron chi connectivity index (χ1n) is 23.3. The van der Waals surface area contributed by atoms with Gasteiger partial charge in [0.05, 0.1) is 36.0 Å². The second-order valence-corrected chi connectivity index (χ2v) is 18.8. The molecule has 0 unspecified atom stereocenters. The first kappa shape index (κ1) is 42.5. The zero-order valence-electron chi connectivity index (χ0n) is 36.1. The molecule has 8 heterocycles. The Kier molecular flexibility index (Phi) is 11.9. The zero-order chi connectivity index (χ0) is 43.4. The van der Waals surface area contributed by atoms with Gasteiger partial charge in [0.15, 0.2) is 0 Å². The number of rotatable bonds is 8. The number of pyridine rings is 2. The summed E-state index contributed by atoms with van der Waals surface area (Å²) < 4.78 is 3.49. The number of hydrogen-bond donors (Lipinski definition) is 2. The Morgan fingerprint density at radius 2 is 0.935 bits per heavy atom. The van der Waals surface area contributed by atoms with E-state index in [1.807, 2.05) is 57.7 Å². The molecule has 10 rings (SSSR count). The Hall–Kier alpha value is -4.82. The lowest BCUT2D eigenvalue weighted by Gasteiger charge is -2.39. The van der Waals surface area contributed by atoms with E-state index in [0.29, 0.717) is 24.2 Å². The van der Waals surface area contributed by atoms with Gasteiger partial charge in [-0.1, -0.05) is 24.3 Å². The average molecular weight is 851 g/mol. The average Bonchev–Trinajstić information content (AvgIpc) is 4.24. The molecular weight excluding hydrogens is 789 g/mol. The topological polar surface area (TPSA) is 166 Å². The predicted octanol–water partition coefficient (Wildman–Crippen LogP) is 3.59. The Morgan fingerprint density at radius 3 is 1.26 bits per heavy atom. The molecule has 4 saturated heterocycles. The SMILES string of the molecule is C/C=C/c1ccc2n(c1=O)C[C@H]1[C@H](CO)[C@@H](C(=O)N3CCCCC3)[C@@H]2N1C(=O)C1CC1.C/C=C\c1ccc2n(c1=O)C[C@H]1[C@H](CO)[C@@H](C(=O)N3CCCCC3)[C@@H]2N1C(=O)C1CC1. The van der Waals surface area contributed by atoms with Gasteiger partial charge in [0, 0.05) is 98.7 Å². The number of aromatic nitrogens is 2. The summed E-state index contributed by atoms with van der Waals surface area (Å²) in [5.74, 6) is -1.46. The highest BCUT2D eigenvalue weighted by Gasteiger charge is 2.61. The Bertz CT molecular complexity index is 2100. The minimum absolute atomic E-state index is 0.0220. The summed E-state index contributed by atoms with van der Waals surface area (Å²) in [5.41, 5.74) is 2.49. The lowest BCUT2D eigenvalue weighted by Crippen LogP contribution is -2.50. The van der Waals surface area contributed by atoms with Gasteiger partial charge in [-0.05, 0) is 102 Å². The molecule has 0 spiro atoms. The Morgan fingerprint density at radius 1 is 0.565 bits per heavy atom. The van der Waals surface area contributed by atoms with Crippen LogP contribution < -0.4 is 11.1 Å². The van der Waals surface area contributed by atoms with Crippen molar-refractivity contribution in [3.63, 3.8) is 0 Å². The van der Waals surface area contributed by atoms with E-state index in [9.17, 15) is 39.0 Å². The Balaban J connectivity index is 0.000000158. The van der Waals surface area contributed by atoms with Crippen molar-refractivity contribution in [2.24, 2.45) is 35.5 Å². The van der Waals surface area contributed by atoms with Gasteiger partial charge in [0.2, 0.25) is 23.6 Å². The Labute approximate surface area is 362 Å². The number of carbonyl (C=O) groups excluding carboxylic acids is 4. The maximum absolute atomic E-state index is 13.7. The summed E-state index contributed by atoms with van der Waals surface area (Å²) in [6.45, 7) is 7.02. The van der Waals surface area contributed by atoms with Crippen molar-refractivity contribution in [3.05, 3.63) is 79.6 Å². The van der Waals surface area contributed by atoms with Gasteiger partial charge in [0.1, 0.15) is 0 Å². The lowest BCUT2D eigenvalue weighted by atomic mass is 9.85. The fraction of sp³-hybridized carbons (Fsp3) is 0.625. The van der Waals surface area contributed by atoms with Crippen molar-refractivity contribution >= 4 is 35.8 Å². The number of aliphatic hydroxyl groups excluding tert-OH is 2. The van der Waals surface area contributed by atoms with E-state index in [1.165, 1.54) is 0 Å². The van der Waals surface area contributed by atoms with E-state index in [2.05, 4.69) is 0 Å². The maximum Gasteiger partial charge on any atom is 0.258 e. The summed E-state index contributed by atoms with van der Waals surface area (Å²) in [6, 6.07) is 5.78. The largest absolute Gasteiger partial charge is 0.396 e. The molecule has 14 heteroatoms. The molecule has 4 amide bonds. The number of piperidine rings is 2. The quantitative estimate of drug-likeness (QED) is 0.407. The van der Waals surface area contributed by atoms with Crippen molar-refractivity contribution in [1.29, 1.82) is 0 Å². The number of hydrogen-bond acceptors (Lipinski definition) is 8. The van der Waals surface area contributed by atoms with Crippen LogP contribution in [0, 0.1) is 35.5 Å². The fourth-order valence-electron chi connectivity index (χ4n) is 11.8. The van der Waals surface area contributed by atoms with Gasteiger partial charge >= 0.3 is 0 Å². The number of allylic oxidation sites excluding steroid dienone is 2. The molecule has 6 fully saturated rings. The van der Waals surface area contributed by atoms with E-state index in [-0.39, 0.29) is 83.7 Å². The summed E-state index contributed by atoms with van der Waals surface area (Å²) in [5, 5.41) is 20.7. The van der Waals surface area contributed by atoms with Crippen LogP contribution in [0.25, 0.3) is 12.2 Å². The third-order valence-corrected chi connectivity index (χ3v) is 15.1. The molecule has 62 heavy (non-hydrogen) atoms. The van der Waals surface area contributed by atoms with Crippen LogP contribution in [-0.2, 0) is 32.3 Å². The highest BCUT2D eigenvalue weighted by atomic mass is 16.3. The summed E-state index contributed by atoms with van der Waals surface area (Å²) in [4.78, 5) is 87.9. The second kappa shape index (κ2) is 17.4. The van der Waals surface area contributed by atoms with Crippen LogP contribution in [0.2, 0.25) is 0 Å². The molecule has 8 aliphatic rings. The monoisotopic (exact) mass is 850 g/mol. The molecule has 2 N–H and O–H groups in total. The van der Waals surface area contributed by atoms with E-state index in [0.717, 1.165) is 102 Å². The van der Waals surface area contributed by atoms with Crippen LogP contribution in [0.5, 0.6) is 0 Å². The zero-order valence-corrected chi connectivity index (χ0v) is 36.1. The molecule has 2 aliphatic carbocycles. The van der Waals surface area contributed by atoms with E-state index in [4.69, 9.17) is 0 Å². The molecule has 332 valence electrons. The van der Waals surface area contributed by atoms with Gasteiger partial charge in [-0.2, -0.15) is 0 Å². The molecule has 2 aromatic heterocycles. The standard InChI is InChI=1S/2C24H31N3O4/c2*1-2-6-15-9-10-18-21-20(24(31)25-11-4-3-5-12-25)17(14-28)19(13-26(18)22(15)29)27(21)23(30)16-7-8-16/h2*2,6,9-10,16-17,19-21,28H,3-5,7-8,11-14H2,1H3/b6-2+;6-2-/t2*17-,19-,20+,21+/m00/s1. The predicted molar refractivity (Wildman–Crippen MR) is 232 cm³/mol. The molecule has 4 bridgehead atoms. The molecule has 8 atom stereocenters. The maximum atomic E-state index is 13.7. The number of likely N-dealkylation sites (tertiary alicyclic amines) is 2. The number of amides is 4. The van der Waals surface area contributed by atoms with E-state index < -0.39 is 23.9 Å². The number of nitrogens with zero attached hydrogens (tertiary/aromatic N) is 6. The summed E-state index contributed by atoms with van der Waals surface area (Å²) in [6.07, 6.45) is 17.0. The van der Waals surface area contributed by atoms with Crippen LogP contribution in [-0.4, -0.2) is 114 Å².